The Kier molecular flexibility index (Phi) is 10.5. The smallest absolute Gasteiger partial charge is 0.410 e. The molecule has 0 aliphatic carbocycles. The number of carbonyl (C=O) groups is 2. The van der Waals surface area contributed by atoms with Crippen molar-refractivity contribution in [3.63, 3.8) is 0 Å². The summed E-state index contributed by atoms with van der Waals surface area (Å²) in [5, 5.41) is 18.5. The van der Waals surface area contributed by atoms with Gasteiger partial charge in [0.05, 0.1) is 11.7 Å². The third kappa shape index (κ3) is 9.31. The van der Waals surface area contributed by atoms with Crippen LogP contribution in [0.4, 0.5) is 16.2 Å². The summed E-state index contributed by atoms with van der Waals surface area (Å²) in [5.41, 5.74) is 4.07. The van der Waals surface area contributed by atoms with Crippen LogP contribution in [0.2, 0.25) is 5.02 Å². The second-order valence-corrected chi connectivity index (χ2v) is 12.5. The molecule has 2 N–H and O–H groups in total. The lowest BCUT2D eigenvalue weighted by atomic mass is 10.1. The molecule has 11 nitrogen and oxygen atoms in total. The SMILES string of the molecule is CC(C)(C)OC(=O)N1CCN(c2ccc(NC[C@H](Cc3ccccc3)NC(=O)/C=C/c3cc(Cl)ccc3-n3cnnn3)cc2)CC1. The van der Waals surface area contributed by atoms with E-state index in [1.807, 2.05) is 51.1 Å². The second kappa shape index (κ2) is 14.9. The van der Waals surface area contributed by atoms with Crippen molar-refractivity contribution in [2.24, 2.45) is 0 Å². The van der Waals surface area contributed by atoms with Gasteiger partial charge in [0.25, 0.3) is 0 Å². The number of carbonyl (C=O) groups excluding carboxylic acids is 2. The molecule has 1 atom stereocenters. The Morgan fingerprint density at radius 1 is 1.00 bits per heavy atom. The van der Waals surface area contributed by atoms with Crippen LogP contribution in [0.1, 0.15) is 31.9 Å². The third-order valence-electron chi connectivity index (χ3n) is 7.39. The Hall–Kier alpha value is -4.90. The number of tetrazole rings is 1. The summed E-state index contributed by atoms with van der Waals surface area (Å²) in [7, 11) is 0. The number of benzene rings is 3. The first kappa shape index (κ1) is 32.5. The van der Waals surface area contributed by atoms with E-state index in [2.05, 4.69) is 55.3 Å². The minimum Gasteiger partial charge on any atom is -0.444 e. The number of piperazine rings is 1. The quantitative estimate of drug-likeness (QED) is 0.226. The van der Waals surface area contributed by atoms with E-state index in [-0.39, 0.29) is 18.0 Å². The largest absolute Gasteiger partial charge is 0.444 e. The summed E-state index contributed by atoms with van der Waals surface area (Å²) in [5.74, 6) is -0.230. The van der Waals surface area contributed by atoms with Gasteiger partial charge >= 0.3 is 6.09 Å². The maximum atomic E-state index is 13.1. The summed E-state index contributed by atoms with van der Waals surface area (Å²) in [6.07, 6.45) is 5.08. The van der Waals surface area contributed by atoms with Crippen LogP contribution in [0.3, 0.4) is 0 Å². The van der Waals surface area contributed by atoms with Crippen molar-refractivity contribution in [2.45, 2.75) is 38.8 Å². The molecule has 4 aromatic rings. The molecule has 1 aromatic heterocycles. The van der Waals surface area contributed by atoms with Crippen LogP contribution < -0.4 is 15.5 Å². The van der Waals surface area contributed by atoms with Crippen molar-refractivity contribution in [3.8, 4) is 5.69 Å². The molecule has 5 rings (SSSR count). The average molecular weight is 643 g/mol. The molecule has 0 unspecified atom stereocenters. The van der Waals surface area contributed by atoms with Crippen molar-refractivity contribution >= 4 is 41.1 Å². The fraction of sp³-hybridized carbons (Fsp3) is 0.324. The van der Waals surface area contributed by atoms with E-state index in [0.717, 1.165) is 30.0 Å². The lowest BCUT2D eigenvalue weighted by Gasteiger charge is -2.36. The molecule has 1 aliphatic heterocycles. The first-order valence-corrected chi connectivity index (χ1v) is 15.6. The molecular formula is C34H39ClN8O3. The highest BCUT2D eigenvalue weighted by Crippen LogP contribution is 2.22. The molecule has 46 heavy (non-hydrogen) atoms. The fourth-order valence-corrected chi connectivity index (χ4v) is 5.31. The third-order valence-corrected chi connectivity index (χ3v) is 7.62. The van der Waals surface area contributed by atoms with E-state index in [0.29, 0.717) is 42.3 Å². The van der Waals surface area contributed by atoms with E-state index in [4.69, 9.17) is 16.3 Å². The average Bonchev–Trinajstić information content (AvgIpc) is 3.58. The van der Waals surface area contributed by atoms with Crippen LogP contribution in [0.25, 0.3) is 11.8 Å². The van der Waals surface area contributed by atoms with Crippen LogP contribution in [-0.4, -0.2) is 81.5 Å². The van der Waals surface area contributed by atoms with Crippen molar-refractivity contribution in [3.05, 3.63) is 101 Å². The van der Waals surface area contributed by atoms with E-state index >= 15 is 0 Å². The number of hydrogen-bond acceptors (Lipinski definition) is 8. The Morgan fingerprint density at radius 3 is 2.41 bits per heavy atom. The maximum absolute atomic E-state index is 13.1. The second-order valence-electron chi connectivity index (χ2n) is 12.1. The molecule has 240 valence electrons. The van der Waals surface area contributed by atoms with Gasteiger partial charge in [0.1, 0.15) is 11.9 Å². The number of rotatable bonds is 10. The number of halogens is 1. The van der Waals surface area contributed by atoms with Gasteiger partial charge in [0.2, 0.25) is 5.91 Å². The van der Waals surface area contributed by atoms with Gasteiger partial charge in [-0.3, -0.25) is 4.79 Å². The van der Waals surface area contributed by atoms with Crippen LogP contribution in [0.5, 0.6) is 0 Å². The number of nitrogens with one attached hydrogen (secondary N) is 2. The van der Waals surface area contributed by atoms with Gasteiger partial charge in [-0.15, -0.1) is 5.10 Å². The first-order valence-electron chi connectivity index (χ1n) is 15.3. The van der Waals surface area contributed by atoms with Crippen LogP contribution >= 0.6 is 11.6 Å². The molecule has 1 saturated heterocycles. The van der Waals surface area contributed by atoms with Crippen molar-refractivity contribution in [1.29, 1.82) is 0 Å². The number of aromatic nitrogens is 4. The minimum atomic E-state index is -0.505. The minimum absolute atomic E-state index is 0.182. The Bertz CT molecular complexity index is 1610. The van der Waals surface area contributed by atoms with Gasteiger partial charge in [-0.25, -0.2) is 4.79 Å². The summed E-state index contributed by atoms with van der Waals surface area (Å²) >= 11 is 6.23. The van der Waals surface area contributed by atoms with Crippen LogP contribution in [0.15, 0.2) is 85.2 Å². The van der Waals surface area contributed by atoms with E-state index in [9.17, 15) is 9.59 Å². The molecular weight excluding hydrogens is 604 g/mol. The topological polar surface area (TPSA) is 118 Å². The molecule has 3 aromatic carbocycles. The Morgan fingerprint density at radius 2 is 1.74 bits per heavy atom. The van der Waals surface area contributed by atoms with Gasteiger partial charge in [-0.1, -0.05) is 41.9 Å². The van der Waals surface area contributed by atoms with Gasteiger partial charge < -0.3 is 25.2 Å². The van der Waals surface area contributed by atoms with Crippen molar-refractivity contribution in [1.82, 2.24) is 30.4 Å². The highest BCUT2D eigenvalue weighted by atomic mass is 35.5. The zero-order valence-electron chi connectivity index (χ0n) is 26.3. The van der Waals surface area contributed by atoms with Gasteiger partial charge in [-0.05, 0) is 91.7 Å². The van der Waals surface area contributed by atoms with E-state index < -0.39 is 5.60 Å². The van der Waals surface area contributed by atoms with Gasteiger partial charge in [0, 0.05) is 60.8 Å². The number of nitrogens with zero attached hydrogens (tertiary/aromatic N) is 6. The van der Waals surface area contributed by atoms with Gasteiger partial charge in [0.15, 0.2) is 0 Å². The molecule has 0 saturated carbocycles. The molecule has 1 aliphatic rings. The zero-order chi connectivity index (χ0) is 32.5. The molecule has 2 amide bonds. The predicted molar refractivity (Wildman–Crippen MR) is 180 cm³/mol. The first-order chi connectivity index (χ1) is 22.1. The monoisotopic (exact) mass is 642 g/mol. The molecule has 2 heterocycles. The Labute approximate surface area is 274 Å². The normalized spacial score (nSPS) is 14.3. The number of anilines is 2. The number of ether oxygens (including phenoxy) is 1. The number of hydrogen-bond donors (Lipinski definition) is 2. The molecule has 0 radical (unpaired) electrons. The number of amides is 2. The highest BCUT2D eigenvalue weighted by molar-refractivity contribution is 6.30. The zero-order valence-corrected chi connectivity index (χ0v) is 27.0. The summed E-state index contributed by atoms with van der Waals surface area (Å²) < 4.78 is 7.04. The van der Waals surface area contributed by atoms with E-state index in [1.54, 1.807) is 29.2 Å². The van der Waals surface area contributed by atoms with Gasteiger partial charge in [-0.2, -0.15) is 4.68 Å². The van der Waals surface area contributed by atoms with Crippen molar-refractivity contribution < 1.29 is 14.3 Å². The molecule has 0 bridgehead atoms. The molecule has 12 heteroatoms. The fourth-order valence-electron chi connectivity index (χ4n) is 5.13. The highest BCUT2D eigenvalue weighted by Gasteiger charge is 2.26. The molecule has 0 spiro atoms. The van der Waals surface area contributed by atoms with Crippen molar-refractivity contribution in [2.75, 3.05) is 42.9 Å². The summed E-state index contributed by atoms with van der Waals surface area (Å²) in [4.78, 5) is 29.6. The van der Waals surface area contributed by atoms with Crippen LogP contribution in [-0.2, 0) is 16.0 Å². The molecule has 1 fully saturated rings. The standard InChI is InChI=1S/C34H39ClN8O3/c1-34(2,3)46-33(45)42-19-17-41(18-20-42)30-13-11-28(12-14-30)36-23-29(21-25-7-5-4-6-8-25)38-32(44)16-9-26-22-27(35)10-15-31(26)43-24-37-39-40-43/h4-16,22,24,29,36H,17-21,23H2,1-3H3,(H,38,44)/b16-9+/t29-/m0/s1. The lowest BCUT2D eigenvalue weighted by Crippen LogP contribution is -2.50. The van der Waals surface area contributed by atoms with Crippen LogP contribution in [0, 0.1) is 0 Å². The summed E-state index contributed by atoms with van der Waals surface area (Å²) in [6.45, 7) is 8.85. The summed E-state index contributed by atoms with van der Waals surface area (Å²) in [6, 6.07) is 23.4. The predicted octanol–water partition coefficient (Wildman–Crippen LogP) is 5.23. The Balaban J connectivity index is 1.19. The lowest BCUT2D eigenvalue weighted by molar-refractivity contribution is -0.117. The van der Waals surface area contributed by atoms with E-state index in [1.165, 1.54) is 17.1 Å². The maximum Gasteiger partial charge on any atom is 0.410 e.